The number of aliphatic hydroxyl groups is 1. The summed E-state index contributed by atoms with van der Waals surface area (Å²) in [6.45, 7) is 8.38. The summed E-state index contributed by atoms with van der Waals surface area (Å²) in [5, 5.41) is 9.32. The molecule has 2 aliphatic rings. The highest BCUT2D eigenvalue weighted by molar-refractivity contribution is 7.86. The molecule has 0 spiro atoms. The lowest BCUT2D eigenvalue weighted by molar-refractivity contribution is 0.145. The van der Waals surface area contributed by atoms with Gasteiger partial charge in [-0.1, -0.05) is 20.8 Å². The van der Waals surface area contributed by atoms with E-state index in [1.807, 2.05) is 0 Å². The number of piperidine rings is 1. The van der Waals surface area contributed by atoms with E-state index in [0.717, 1.165) is 25.7 Å². The third-order valence-electron chi connectivity index (χ3n) is 4.84. The Morgan fingerprint density at radius 1 is 1.10 bits per heavy atom. The molecule has 0 radical (unpaired) electrons. The minimum Gasteiger partial charge on any atom is -0.395 e. The molecule has 0 amide bonds. The zero-order valence-electron chi connectivity index (χ0n) is 12.9. The molecule has 6 heteroatoms. The van der Waals surface area contributed by atoms with Gasteiger partial charge in [0.05, 0.1) is 6.61 Å². The molecule has 1 atom stereocenters. The first-order valence-corrected chi connectivity index (χ1v) is 9.04. The van der Waals surface area contributed by atoms with Crippen LogP contribution in [0.2, 0.25) is 0 Å². The van der Waals surface area contributed by atoms with E-state index >= 15 is 0 Å². The third kappa shape index (κ3) is 3.18. The molecule has 118 valence electrons. The average molecular weight is 304 g/mol. The molecular weight excluding hydrogens is 276 g/mol. The van der Waals surface area contributed by atoms with Gasteiger partial charge in [0.2, 0.25) is 0 Å². The van der Waals surface area contributed by atoms with Crippen LogP contribution in [0.3, 0.4) is 0 Å². The summed E-state index contributed by atoms with van der Waals surface area (Å²) in [6, 6.07) is -0.222. The highest BCUT2D eigenvalue weighted by Crippen LogP contribution is 2.35. The van der Waals surface area contributed by atoms with E-state index in [1.54, 1.807) is 4.31 Å². The lowest BCUT2D eigenvalue weighted by Gasteiger charge is -2.39. The Labute approximate surface area is 123 Å². The van der Waals surface area contributed by atoms with Crippen LogP contribution in [0.4, 0.5) is 0 Å². The molecule has 5 nitrogen and oxygen atoms in total. The van der Waals surface area contributed by atoms with Crippen molar-refractivity contribution in [3.8, 4) is 0 Å². The maximum absolute atomic E-state index is 12.7. The molecule has 0 aromatic heterocycles. The molecule has 2 fully saturated rings. The SMILES string of the molecule is CC(C)(C)C1CCN(S(=O)(=O)N2CCC[C@@H]2CO)CC1. The summed E-state index contributed by atoms with van der Waals surface area (Å²) in [6.07, 6.45) is 3.48. The van der Waals surface area contributed by atoms with Crippen molar-refractivity contribution in [2.45, 2.75) is 52.5 Å². The molecule has 0 saturated carbocycles. The van der Waals surface area contributed by atoms with E-state index in [0.29, 0.717) is 25.6 Å². The first kappa shape index (κ1) is 16.2. The maximum Gasteiger partial charge on any atom is 0.282 e. The van der Waals surface area contributed by atoms with Crippen molar-refractivity contribution >= 4 is 10.2 Å². The van der Waals surface area contributed by atoms with Crippen LogP contribution < -0.4 is 0 Å². The van der Waals surface area contributed by atoms with E-state index in [9.17, 15) is 13.5 Å². The average Bonchev–Trinajstić information content (AvgIpc) is 2.87. The fourth-order valence-electron chi connectivity index (χ4n) is 3.40. The summed E-state index contributed by atoms with van der Waals surface area (Å²) in [5.74, 6) is 0.584. The predicted molar refractivity (Wildman–Crippen MR) is 79.5 cm³/mol. The van der Waals surface area contributed by atoms with E-state index in [-0.39, 0.29) is 18.1 Å². The molecule has 0 aromatic carbocycles. The highest BCUT2D eigenvalue weighted by atomic mass is 32.2. The molecule has 0 aromatic rings. The van der Waals surface area contributed by atoms with Gasteiger partial charge >= 0.3 is 0 Å². The lowest BCUT2D eigenvalue weighted by atomic mass is 9.76. The molecule has 2 aliphatic heterocycles. The van der Waals surface area contributed by atoms with Gasteiger partial charge in [0.15, 0.2) is 0 Å². The van der Waals surface area contributed by atoms with Gasteiger partial charge in [0.25, 0.3) is 10.2 Å². The van der Waals surface area contributed by atoms with E-state index in [1.165, 1.54) is 4.31 Å². The van der Waals surface area contributed by atoms with Gasteiger partial charge in [-0.3, -0.25) is 0 Å². The Hall–Kier alpha value is -0.170. The normalized spacial score (nSPS) is 28.1. The van der Waals surface area contributed by atoms with Crippen LogP contribution in [-0.2, 0) is 10.2 Å². The molecule has 20 heavy (non-hydrogen) atoms. The second-order valence-electron chi connectivity index (χ2n) is 7.14. The first-order valence-electron chi connectivity index (χ1n) is 7.64. The molecule has 2 heterocycles. The van der Waals surface area contributed by atoms with Crippen molar-refractivity contribution in [2.24, 2.45) is 11.3 Å². The van der Waals surface area contributed by atoms with Crippen LogP contribution in [-0.4, -0.2) is 54.4 Å². The second kappa shape index (κ2) is 5.91. The molecule has 2 saturated heterocycles. The summed E-state index contributed by atoms with van der Waals surface area (Å²) >= 11 is 0. The van der Waals surface area contributed by atoms with Gasteiger partial charge in [-0.2, -0.15) is 17.0 Å². The smallest absolute Gasteiger partial charge is 0.282 e. The van der Waals surface area contributed by atoms with Crippen molar-refractivity contribution < 1.29 is 13.5 Å². The van der Waals surface area contributed by atoms with Crippen LogP contribution >= 0.6 is 0 Å². The topological polar surface area (TPSA) is 60.9 Å². The Balaban J connectivity index is 2.02. The summed E-state index contributed by atoms with van der Waals surface area (Å²) in [4.78, 5) is 0. The van der Waals surface area contributed by atoms with Gasteiger partial charge < -0.3 is 5.11 Å². The Morgan fingerprint density at radius 3 is 2.20 bits per heavy atom. The predicted octanol–water partition coefficient (Wildman–Crippen LogP) is 1.45. The Kier molecular flexibility index (Phi) is 4.79. The van der Waals surface area contributed by atoms with Crippen molar-refractivity contribution in [1.29, 1.82) is 0 Å². The number of rotatable bonds is 3. The van der Waals surface area contributed by atoms with Crippen LogP contribution in [0.5, 0.6) is 0 Å². The number of nitrogens with zero attached hydrogens (tertiary/aromatic N) is 2. The summed E-state index contributed by atoms with van der Waals surface area (Å²) in [5.41, 5.74) is 0.247. The van der Waals surface area contributed by atoms with Crippen molar-refractivity contribution in [3.05, 3.63) is 0 Å². The molecule has 0 unspecified atom stereocenters. The van der Waals surface area contributed by atoms with Gasteiger partial charge in [-0.05, 0) is 37.0 Å². The standard InChI is InChI=1S/C14H28N2O3S/c1-14(2,3)12-6-9-15(10-7-12)20(18,19)16-8-4-5-13(16)11-17/h12-13,17H,4-11H2,1-3H3/t13-/m1/s1. The number of hydrogen-bond donors (Lipinski definition) is 1. The van der Waals surface area contributed by atoms with E-state index < -0.39 is 10.2 Å². The Morgan fingerprint density at radius 2 is 1.70 bits per heavy atom. The van der Waals surface area contributed by atoms with Gasteiger partial charge in [0, 0.05) is 25.7 Å². The molecule has 0 aliphatic carbocycles. The van der Waals surface area contributed by atoms with Gasteiger partial charge in [0.1, 0.15) is 0 Å². The quantitative estimate of drug-likeness (QED) is 0.858. The largest absolute Gasteiger partial charge is 0.395 e. The van der Waals surface area contributed by atoms with Crippen LogP contribution in [0.1, 0.15) is 46.5 Å². The third-order valence-corrected chi connectivity index (χ3v) is 6.93. The van der Waals surface area contributed by atoms with Crippen LogP contribution in [0.15, 0.2) is 0 Å². The van der Waals surface area contributed by atoms with Gasteiger partial charge in [-0.25, -0.2) is 0 Å². The molecule has 0 bridgehead atoms. The minimum absolute atomic E-state index is 0.0717. The lowest BCUT2D eigenvalue weighted by Crippen LogP contribution is -2.50. The first-order chi connectivity index (χ1) is 9.26. The summed E-state index contributed by atoms with van der Waals surface area (Å²) in [7, 11) is -3.39. The van der Waals surface area contributed by atoms with E-state index in [4.69, 9.17) is 0 Å². The van der Waals surface area contributed by atoms with Crippen molar-refractivity contribution in [2.75, 3.05) is 26.2 Å². The molecule has 2 rings (SSSR count). The number of hydrogen-bond acceptors (Lipinski definition) is 3. The fourth-order valence-corrected chi connectivity index (χ4v) is 5.27. The second-order valence-corrected chi connectivity index (χ2v) is 9.02. The minimum atomic E-state index is -3.39. The maximum atomic E-state index is 12.7. The van der Waals surface area contributed by atoms with E-state index in [2.05, 4.69) is 20.8 Å². The Bertz CT molecular complexity index is 422. The van der Waals surface area contributed by atoms with Crippen molar-refractivity contribution in [1.82, 2.24) is 8.61 Å². The van der Waals surface area contributed by atoms with Crippen LogP contribution in [0, 0.1) is 11.3 Å². The molecule has 1 N–H and O–H groups in total. The number of aliphatic hydroxyl groups excluding tert-OH is 1. The zero-order valence-corrected chi connectivity index (χ0v) is 13.7. The monoisotopic (exact) mass is 304 g/mol. The highest BCUT2D eigenvalue weighted by Gasteiger charge is 2.40. The zero-order chi connectivity index (χ0) is 15.0. The fraction of sp³-hybridized carbons (Fsp3) is 1.00. The molecular formula is C14H28N2O3S. The van der Waals surface area contributed by atoms with Crippen molar-refractivity contribution in [3.63, 3.8) is 0 Å². The summed E-state index contributed by atoms with van der Waals surface area (Å²) < 4.78 is 28.4. The van der Waals surface area contributed by atoms with Gasteiger partial charge in [-0.15, -0.1) is 0 Å². The van der Waals surface area contributed by atoms with Crippen LogP contribution in [0.25, 0.3) is 0 Å².